The highest BCUT2D eigenvalue weighted by Crippen LogP contribution is 2.32. The molecule has 2 aromatic heterocycles. The summed E-state index contributed by atoms with van der Waals surface area (Å²) in [6, 6.07) is 9.46. The van der Waals surface area contributed by atoms with E-state index in [0.29, 0.717) is 0 Å². The molecule has 0 unspecified atom stereocenters. The van der Waals surface area contributed by atoms with Crippen LogP contribution in [0.15, 0.2) is 41.1 Å². The first-order chi connectivity index (χ1) is 12.2. The number of carboxylic acid groups (broad SMARTS) is 1. The van der Waals surface area contributed by atoms with Gasteiger partial charge in [0.1, 0.15) is 11.5 Å². The summed E-state index contributed by atoms with van der Waals surface area (Å²) in [7, 11) is -3.33. The number of sulfone groups is 1. The Morgan fingerprint density at radius 3 is 2.38 bits per heavy atom. The maximum atomic E-state index is 11.1. The highest BCUT2D eigenvalue weighted by atomic mass is 32.2. The predicted octanol–water partition coefficient (Wildman–Crippen LogP) is 1.75. The van der Waals surface area contributed by atoms with Gasteiger partial charge in [-0.2, -0.15) is 4.98 Å². The third-order valence-corrected chi connectivity index (χ3v) is 4.06. The number of aromatic nitrogens is 3. The van der Waals surface area contributed by atoms with Crippen molar-refractivity contribution in [1.82, 2.24) is 15.1 Å². The third-order valence-electron chi connectivity index (χ3n) is 3.29. The molecule has 0 saturated heterocycles. The van der Waals surface area contributed by atoms with Gasteiger partial charge in [-0.3, -0.25) is 0 Å². The number of hydrogen-bond acceptors (Lipinski definition) is 8. The van der Waals surface area contributed by atoms with Gasteiger partial charge in [-0.1, -0.05) is 23.4 Å². The van der Waals surface area contributed by atoms with Gasteiger partial charge in [-0.05, 0) is 23.3 Å². The molecule has 2 aromatic rings. The number of aromatic carboxylic acids is 1. The van der Waals surface area contributed by atoms with Crippen LogP contribution in [-0.2, 0) is 15.6 Å². The molecule has 4 rings (SSSR count). The molecule has 10 heteroatoms. The Balaban J connectivity index is 0.000000269. The Morgan fingerprint density at radius 1 is 1.23 bits per heavy atom. The van der Waals surface area contributed by atoms with Crippen molar-refractivity contribution in [1.29, 1.82) is 0 Å². The van der Waals surface area contributed by atoms with Crippen molar-refractivity contribution in [3.63, 3.8) is 0 Å². The highest BCUT2D eigenvalue weighted by Gasteiger charge is 2.18. The monoisotopic (exact) mass is 375 g/mol. The summed E-state index contributed by atoms with van der Waals surface area (Å²) in [5, 5.41) is 21.9. The summed E-state index contributed by atoms with van der Waals surface area (Å²) in [6.07, 6.45) is 2.03. The maximum Gasteiger partial charge on any atom is 0.337 e. The van der Waals surface area contributed by atoms with E-state index in [-0.39, 0.29) is 23.0 Å². The third kappa shape index (κ3) is 4.22. The SMILES string of the molecule is CS(=O)(=O)Cc1nc(-c2ncc(C(=O)O)cc2O)no1.c1cc2cc-2c1. The molecule has 2 aliphatic carbocycles. The average Bonchev–Trinajstić information content (AvgIpc) is 2.93. The second-order valence-electron chi connectivity index (χ2n) is 5.56. The number of benzene rings is 1. The molecule has 0 bridgehead atoms. The molecule has 134 valence electrons. The lowest BCUT2D eigenvalue weighted by Gasteiger charge is -1.99. The van der Waals surface area contributed by atoms with Crippen LogP contribution in [0.2, 0.25) is 0 Å². The summed E-state index contributed by atoms with van der Waals surface area (Å²) in [6.45, 7) is 0. The quantitative estimate of drug-likeness (QED) is 0.545. The van der Waals surface area contributed by atoms with Crippen molar-refractivity contribution in [2.45, 2.75) is 5.75 Å². The largest absolute Gasteiger partial charge is 0.506 e. The first-order valence-electron chi connectivity index (χ1n) is 7.26. The maximum absolute atomic E-state index is 11.1. The summed E-state index contributed by atoms with van der Waals surface area (Å²) >= 11 is 0. The zero-order valence-corrected chi connectivity index (χ0v) is 14.3. The lowest BCUT2D eigenvalue weighted by Crippen LogP contribution is -2.01. The van der Waals surface area contributed by atoms with E-state index in [9.17, 15) is 18.3 Å². The van der Waals surface area contributed by atoms with E-state index in [1.165, 1.54) is 11.1 Å². The van der Waals surface area contributed by atoms with E-state index >= 15 is 0 Å². The van der Waals surface area contributed by atoms with Crippen LogP contribution in [0.25, 0.3) is 22.6 Å². The van der Waals surface area contributed by atoms with Gasteiger partial charge in [0, 0.05) is 12.5 Å². The van der Waals surface area contributed by atoms with Crippen LogP contribution in [0.5, 0.6) is 5.75 Å². The van der Waals surface area contributed by atoms with E-state index in [1.807, 2.05) is 0 Å². The van der Waals surface area contributed by atoms with Gasteiger partial charge in [0.05, 0.1) is 5.56 Å². The Bertz CT molecular complexity index is 1070. The van der Waals surface area contributed by atoms with Crippen molar-refractivity contribution in [2.24, 2.45) is 0 Å². The van der Waals surface area contributed by atoms with Crippen LogP contribution in [0.1, 0.15) is 16.2 Å². The first kappa shape index (κ1) is 17.5. The fourth-order valence-corrected chi connectivity index (χ4v) is 2.62. The van der Waals surface area contributed by atoms with E-state index in [4.69, 9.17) is 9.63 Å². The summed E-state index contributed by atoms with van der Waals surface area (Å²) < 4.78 is 26.9. The van der Waals surface area contributed by atoms with Crippen LogP contribution in [0.4, 0.5) is 0 Å². The number of nitrogens with zero attached hydrogens (tertiary/aromatic N) is 3. The predicted molar refractivity (Wildman–Crippen MR) is 90.1 cm³/mol. The molecule has 0 radical (unpaired) electrons. The number of fused-ring (bicyclic) bond motifs is 1. The van der Waals surface area contributed by atoms with Gasteiger partial charge in [0.2, 0.25) is 11.7 Å². The molecule has 0 aliphatic heterocycles. The lowest BCUT2D eigenvalue weighted by molar-refractivity contribution is 0.0696. The summed E-state index contributed by atoms with van der Waals surface area (Å²) in [5.41, 5.74) is 2.55. The minimum atomic E-state index is -3.33. The normalized spacial score (nSPS) is 11.4. The van der Waals surface area contributed by atoms with E-state index in [0.717, 1.165) is 18.5 Å². The van der Waals surface area contributed by atoms with E-state index in [2.05, 4.69) is 39.4 Å². The van der Waals surface area contributed by atoms with Gasteiger partial charge in [0.15, 0.2) is 15.5 Å². The van der Waals surface area contributed by atoms with Gasteiger partial charge in [0.25, 0.3) is 0 Å². The Kier molecular flexibility index (Phi) is 4.43. The molecule has 2 heterocycles. The molecule has 0 fully saturated rings. The molecule has 2 N–H and O–H groups in total. The second-order valence-corrected chi connectivity index (χ2v) is 7.70. The van der Waals surface area contributed by atoms with Gasteiger partial charge >= 0.3 is 5.97 Å². The topological polar surface area (TPSA) is 143 Å². The molecule has 0 atom stereocenters. The first-order valence-corrected chi connectivity index (χ1v) is 9.32. The summed E-state index contributed by atoms with van der Waals surface area (Å²) in [4.78, 5) is 18.2. The van der Waals surface area contributed by atoms with E-state index < -0.39 is 27.3 Å². The van der Waals surface area contributed by atoms with Gasteiger partial charge in [-0.15, -0.1) is 0 Å². The van der Waals surface area contributed by atoms with Gasteiger partial charge in [-0.25, -0.2) is 18.2 Å². The standard InChI is InChI=1S/C10H9N3O6S.C6H4/c1-20(17,18)4-7-12-9(13-19-7)8-6(14)2-5(3-11-8)10(15)16;1-2-5-4-6(5)3-1/h2-3,14H,4H2,1H3,(H,15,16);1-4H. The molecule has 0 amide bonds. The van der Waals surface area contributed by atoms with Crippen LogP contribution >= 0.6 is 0 Å². The molecule has 0 spiro atoms. The second kappa shape index (κ2) is 6.56. The molecular formula is C16H13N3O6S. The van der Waals surface area contributed by atoms with Crippen LogP contribution in [0, 0.1) is 0 Å². The number of pyridine rings is 1. The van der Waals surface area contributed by atoms with Crippen LogP contribution in [-0.4, -0.2) is 46.0 Å². The minimum Gasteiger partial charge on any atom is -0.506 e. The van der Waals surface area contributed by atoms with Crippen LogP contribution in [0.3, 0.4) is 0 Å². The van der Waals surface area contributed by atoms with Crippen molar-refractivity contribution in [2.75, 3.05) is 6.26 Å². The Morgan fingerprint density at radius 2 is 1.92 bits per heavy atom. The Hall–Kier alpha value is -3.27. The molecule has 0 saturated carbocycles. The van der Waals surface area contributed by atoms with Crippen molar-refractivity contribution >= 4 is 15.8 Å². The smallest absolute Gasteiger partial charge is 0.337 e. The molecule has 2 aliphatic rings. The fraction of sp³-hybridized carbons (Fsp3) is 0.125. The number of aromatic hydroxyl groups is 1. The summed E-state index contributed by atoms with van der Waals surface area (Å²) in [5.74, 6) is -2.40. The van der Waals surface area contributed by atoms with Crippen LogP contribution < -0.4 is 0 Å². The number of carbonyl (C=O) groups is 1. The van der Waals surface area contributed by atoms with Crippen molar-refractivity contribution in [3.8, 4) is 28.4 Å². The lowest BCUT2D eigenvalue weighted by atomic mass is 10.2. The fourth-order valence-electron chi connectivity index (χ4n) is 2.05. The van der Waals surface area contributed by atoms with Crippen molar-refractivity contribution < 1.29 is 27.9 Å². The van der Waals surface area contributed by atoms with E-state index in [1.54, 1.807) is 0 Å². The van der Waals surface area contributed by atoms with Gasteiger partial charge < -0.3 is 14.7 Å². The molecule has 9 nitrogen and oxygen atoms in total. The zero-order valence-electron chi connectivity index (χ0n) is 13.4. The average molecular weight is 375 g/mol. The van der Waals surface area contributed by atoms with Crippen molar-refractivity contribution in [3.05, 3.63) is 48.0 Å². The molecule has 0 aromatic carbocycles. The minimum absolute atomic E-state index is 0.0986. The molecular weight excluding hydrogens is 362 g/mol. The molecule has 26 heavy (non-hydrogen) atoms. The highest BCUT2D eigenvalue weighted by molar-refractivity contribution is 7.89. The number of carboxylic acids is 1. The zero-order chi connectivity index (χ0) is 18.9. The Labute approximate surface area is 147 Å². The number of hydrogen-bond donors (Lipinski definition) is 2. The number of rotatable bonds is 4.